The number of morpholine rings is 1. The van der Waals surface area contributed by atoms with Crippen LogP contribution in [0.25, 0.3) is 0 Å². The summed E-state index contributed by atoms with van der Waals surface area (Å²) in [5, 5.41) is 0. The zero-order valence-electron chi connectivity index (χ0n) is 10.9. The maximum atomic E-state index is 12.3. The van der Waals surface area contributed by atoms with E-state index in [-0.39, 0.29) is 5.92 Å². The predicted octanol–water partition coefficient (Wildman–Crippen LogP) is 2.23. The van der Waals surface area contributed by atoms with E-state index in [1.807, 2.05) is 4.90 Å². The van der Waals surface area contributed by atoms with E-state index in [0.717, 1.165) is 32.4 Å². The maximum absolute atomic E-state index is 12.3. The Labute approximate surface area is 104 Å². The lowest BCUT2D eigenvalue weighted by atomic mass is 9.84. The molecule has 1 saturated heterocycles. The SMILES string of the molecule is CC(C)C1=CCC(C(=O)N2CCOCC2)CC1. The number of amides is 1. The quantitative estimate of drug-likeness (QED) is 0.689. The number of nitrogens with zero attached hydrogens (tertiary/aromatic N) is 1. The van der Waals surface area contributed by atoms with Gasteiger partial charge in [0.05, 0.1) is 13.2 Å². The molecule has 1 aliphatic carbocycles. The van der Waals surface area contributed by atoms with Crippen LogP contribution >= 0.6 is 0 Å². The van der Waals surface area contributed by atoms with Crippen LogP contribution in [0.5, 0.6) is 0 Å². The first-order valence-corrected chi connectivity index (χ1v) is 6.74. The fraction of sp³-hybridized carbons (Fsp3) is 0.786. The second-order valence-corrected chi connectivity index (χ2v) is 5.34. The predicted molar refractivity (Wildman–Crippen MR) is 67.7 cm³/mol. The molecule has 2 aliphatic rings. The molecule has 3 heteroatoms. The van der Waals surface area contributed by atoms with E-state index in [0.29, 0.717) is 25.0 Å². The Morgan fingerprint density at radius 2 is 2.12 bits per heavy atom. The van der Waals surface area contributed by atoms with Gasteiger partial charge in [-0.1, -0.05) is 25.5 Å². The van der Waals surface area contributed by atoms with Gasteiger partial charge in [0.25, 0.3) is 0 Å². The Morgan fingerprint density at radius 1 is 1.41 bits per heavy atom. The van der Waals surface area contributed by atoms with Gasteiger partial charge in [-0.15, -0.1) is 0 Å². The van der Waals surface area contributed by atoms with Crippen molar-refractivity contribution in [3.8, 4) is 0 Å². The van der Waals surface area contributed by atoms with Crippen molar-refractivity contribution in [1.29, 1.82) is 0 Å². The van der Waals surface area contributed by atoms with E-state index in [1.165, 1.54) is 5.57 Å². The van der Waals surface area contributed by atoms with Gasteiger partial charge in [0.1, 0.15) is 0 Å². The molecule has 1 unspecified atom stereocenters. The molecule has 17 heavy (non-hydrogen) atoms. The molecule has 1 aliphatic heterocycles. The van der Waals surface area contributed by atoms with Crippen molar-refractivity contribution in [3.05, 3.63) is 11.6 Å². The van der Waals surface area contributed by atoms with Crippen molar-refractivity contribution < 1.29 is 9.53 Å². The third-order valence-electron chi connectivity index (χ3n) is 3.86. The summed E-state index contributed by atoms with van der Waals surface area (Å²) in [6.07, 6.45) is 5.35. The standard InChI is InChI=1S/C14H23NO2/c1-11(2)12-3-5-13(6-4-12)14(16)15-7-9-17-10-8-15/h3,11,13H,4-10H2,1-2H3. The van der Waals surface area contributed by atoms with Crippen LogP contribution in [-0.4, -0.2) is 37.1 Å². The van der Waals surface area contributed by atoms with Crippen LogP contribution in [0.3, 0.4) is 0 Å². The molecule has 0 aromatic rings. The molecule has 3 nitrogen and oxygen atoms in total. The second kappa shape index (κ2) is 5.67. The Bertz CT molecular complexity index is 303. The van der Waals surface area contributed by atoms with E-state index < -0.39 is 0 Å². The van der Waals surface area contributed by atoms with Crippen LogP contribution in [-0.2, 0) is 9.53 Å². The van der Waals surface area contributed by atoms with E-state index in [9.17, 15) is 4.79 Å². The van der Waals surface area contributed by atoms with Crippen LogP contribution in [0.4, 0.5) is 0 Å². The molecule has 0 aromatic carbocycles. The second-order valence-electron chi connectivity index (χ2n) is 5.34. The molecule has 0 N–H and O–H groups in total. The first-order chi connectivity index (χ1) is 8.18. The van der Waals surface area contributed by atoms with Crippen LogP contribution in [0.1, 0.15) is 33.1 Å². The van der Waals surface area contributed by atoms with Gasteiger partial charge in [0.2, 0.25) is 5.91 Å². The van der Waals surface area contributed by atoms with Crippen molar-refractivity contribution >= 4 is 5.91 Å². The van der Waals surface area contributed by atoms with E-state index >= 15 is 0 Å². The summed E-state index contributed by atoms with van der Waals surface area (Å²) in [4.78, 5) is 14.2. The summed E-state index contributed by atoms with van der Waals surface area (Å²) >= 11 is 0. The van der Waals surface area contributed by atoms with Gasteiger partial charge >= 0.3 is 0 Å². The molecular formula is C14H23NO2. The zero-order chi connectivity index (χ0) is 12.3. The Kier molecular flexibility index (Phi) is 4.21. The number of rotatable bonds is 2. The lowest BCUT2D eigenvalue weighted by Gasteiger charge is -2.32. The number of ether oxygens (including phenoxy) is 1. The summed E-state index contributed by atoms with van der Waals surface area (Å²) < 4.78 is 5.28. The van der Waals surface area contributed by atoms with Gasteiger partial charge < -0.3 is 9.64 Å². The van der Waals surface area contributed by atoms with E-state index in [1.54, 1.807) is 0 Å². The van der Waals surface area contributed by atoms with E-state index in [2.05, 4.69) is 19.9 Å². The van der Waals surface area contributed by atoms with E-state index in [4.69, 9.17) is 4.74 Å². The molecule has 0 bridgehead atoms. The van der Waals surface area contributed by atoms with Crippen molar-refractivity contribution in [2.75, 3.05) is 26.3 Å². The lowest BCUT2D eigenvalue weighted by molar-refractivity contribution is -0.139. The van der Waals surface area contributed by atoms with Crippen LogP contribution in [0.2, 0.25) is 0 Å². The van der Waals surface area contributed by atoms with Gasteiger partial charge in [-0.05, 0) is 25.2 Å². The van der Waals surface area contributed by atoms with Crippen molar-refractivity contribution in [1.82, 2.24) is 4.90 Å². The highest BCUT2D eigenvalue weighted by Gasteiger charge is 2.27. The number of hydrogen-bond acceptors (Lipinski definition) is 2. The molecular weight excluding hydrogens is 214 g/mol. The Hall–Kier alpha value is -0.830. The van der Waals surface area contributed by atoms with Crippen LogP contribution in [0.15, 0.2) is 11.6 Å². The van der Waals surface area contributed by atoms with Crippen molar-refractivity contribution in [3.63, 3.8) is 0 Å². The molecule has 1 heterocycles. The number of carbonyl (C=O) groups excluding carboxylic acids is 1. The van der Waals surface area contributed by atoms with Gasteiger partial charge in [-0.2, -0.15) is 0 Å². The largest absolute Gasteiger partial charge is 0.378 e. The summed E-state index contributed by atoms with van der Waals surface area (Å²) in [7, 11) is 0. The number of hydrogen-bond donors (Lipinski definition) is 0. The van der Waals surface area contributed by atoms with Crippen LogP contribution in [0, 0.1) is 11.8 Å². The molecule has 1 fully saturated rings. The zero-order valence-corrected chi connectivity index (χ0v) is 10.9. The highest BCUT2D eigenvalue weighted by atomic mass is 16.5. The van der Waals surface area contributed by atoms with Crippen molar-refractivity contribution in [2.45, 2.75) is 33.1 Å². The average molecular weight is 237 g/mol. The molecule has 1 atom stereocenters. The monoisotopic (exact) mass is 237 g/mol. The normalized spacial score (nSPS) is 25.9. The highest BCUT2D eigenvalue weighted by Crippen LogP contribution is 2.29. The molecule has 96 valence electrons. The summed E-state index contributed by atoms with van der Waals surface area (Å²) in [5.41, 5.74) is 1.52. The molecule has 0 spiro atoms. The summed E-state index contributed by atoms with van der Waals surface area (Å²) in [6, 6.07) is 0. The minimum absolute atomic E-state index is 0.218. The third-order valence-corrected chi connectivity index (χ3v) is 3.86. The topological polar surface area (TPSA) is 29.5 Å². The number of allylic oxidation sites excluding steroid dienone is 2. The van der Waals surface area contributed by atoms with Gasteiger partial charge in [-0.3, -0.25) is 4.79 Å². The lowest BCUT2D eigenvalue weighted by Crippen LogP contribution is -2.44. The summed E-state index contributed by atoms with van der Waals surface area (Å²) in [5.74, 6) is 1.19. The fourth-order valence-electron chi connectivity index (χ4n) is 2.65. The molecule has 0 aromatic heterocycles. The maximum Gasteiger partial charge on any atom is 0.226 e. The molecule has 0 saturated carbocycles. The smallest absolute Gasteiger partial charge is 0.226 e. The first-order valence-electron chi connectivity index (χ1n) is 6.74. The Morgan fingerprint density at radius 3 is 2.65 bits per heavy atom. The molecule has 0 radical (unpaired) electrons. The summed E-state index contributed by atoms with van der Waals surface area (Å²) in [6.45, 7) is 7.41. The van der Waals surface area contributed by atoms with Crippen molar-refractivity contribution in [2.24, 2.45) is 11.8 Å². The van der Waals surface area contributed by atoms with Gasteiger partial charge in [0.15, 0.2) is 0 Å². The minimum atomic E-state index is 0.218. The highest BCUT2D eigenvalue weighted by molar-refractivity contribution is 5.79. The first kappa shape index (κ1) is 12.6. The van der Waals surface area contributed by atoms with Gasteiger partial charge in [-0.25, -0.2) is 0 Å². The Balaban J connectivity index is 1.89. The molecule has 1 amide bonds. The van der Waals surface area contributed by atoms with Crippen LogP contribution < -0.4 is 0 Å². The fourth-order valence-corrected chi connectivity index (χ4v) is 2.65. The minimum Gasteiger partial charge on any atom is -0.378 e. The molecule has 2 rings (SSSR count). The third kappa shape index (κ3) is 3.09. The average Bonchev–Trinajstić information content (AvgIpc) is 2.39. The van der Waals surface area contributed by atoms with Gasteiger partial charge in [0, 0.05) is 19.0 Å². The number of carbonyl (C=O) groups is 1.